The number of hydrogen-bond donors (Lipinski definition) is 1. The number of sulfone groups is 1. The Morgan fingerprint density at radius 3 is 2.60 bits per heavy atom. The Bertz CT molecular complexity index is 908. The average Bonchev–Trinajstić information content (AvgIpc) is 2.93. The van der Waals surface area contributed by atoms with Gasteiger partial charge in [0.25, 0.3) is 0 Å². The van der Waals surface area contributed by atoms with Crippen LogP contribution in [0.1, 0.15) is 18.9 Å². The highest BCUT2D eigenvalue weighted by atomic mass is 32.2. The average molecular weight is 359 g/mol. The second kappa shape index (κ2) is 5.75. The molecule has 0 spiro atoms. The first kappa shape index (κ1) is 16.4. The fourth-order valence-corrected chi connectivity index (χ4v) is 5.01. The second-order valence-electron chi connectivity index (χ2n) is 6.82. The minimum Gasteiger partial charge on any atom is -0.497 e. The standard InChI is InChI=1S/C19H21NO4S/c1-19-9-10-20-12-18(19)24-17-11-15(7-8-16(17)19)25(21,22)14-5-3-13(23-2)4-6-14/h3-8,11,18,20H,9-10,12H2,1-2H3. The molecule has 0 amide bonds. The minimum absolute atomic E-state index is 0.0511. The van der Waals surface area contributed by atoms with Crippen LogP contribution >= 0.6 is 0 Å². The number of hydrogen-bond acceptors (Lipinski definition) is 5. The van der Waals surface area contributed by atoms with Crippen molar-refractivity contribution in [3.05, 3.63) is 48.0 Å². The molecule has 2 aliphatic rings. The summed E-state index contributed by atoms with van der Waals surface area (Å²) in [5.74, 6) is 1.31. The topological polar surface area (TPSA) is 64.6 Å². The van der Waals surface area contributed by atoms with E-state index in [-0.39, 0.29) is 21.3 Å². The third-order valence-corrected chi connectivity index (χ3v) is 7.15. The Labute approximate surface area is 147 Å². The number of benzene rings is 2. The molecule has 0 bridgehead atoms. The summed E-state index contributed by atoms with van der Waals surface area (Å²) in [7, 11) is -2.04. The van der Waals surface area contributed by atoms with Gasteiger partial charge in [-0.15, -0.1) is 0 Å². The van der Waals surface area contributed by atoms with E-state index in [1.165, 1.54) is 0 Å². The molecule has 0 saturated carbocycles. The van der Waals surface area contributed by atoms with Crippen molar-refractivity contribution in [1.82, 2.24) is 5.32 Å². The van der Waals surface area contributed by atoms with Crippen molar-refractivity contribution in [2.24, 2.45) is 0 Å². The molecule has 25 heavy (non-hydrogen) atoms. The molecule has 4 rings (SSSR count). The largest absolute Gasteiger partial charge is 0.497 e. The van der Waals surface area contributed by atoms with Crippen LogP contribution in [0.15, 0.2) is 52.3 Å². The number of piperidine rings is 1. The van der Waals surface area contributed by atoms with Crippen molar-refractivity contribution >= 4 is 9.84 Å². The first-order valence-corrected chi connectivity index (χ1v) is 9.84. The number of ether oxygens (including phenoxy) is 2. The van der Waals surface area contributed by atoms with Gasteiger partial charge in [-0.3, -0.25) is 0 Å². The SMILES string of the molecule is COc1ccc(S(=O)(=O)c2ccc3c(c2)OC2CNCCC32C)cc1. The summed E-state index contributed by atoms with van der Waals surface area (Å²) >= 11 is 0. The molecule has 1 fully saturated rings. The van der Waals surface area contributed by atoms with Gasteiger partial charge in [0.15, 0.2) is 0 Å². The summed E-state index contributed by atoms with van der Waals surface area (Å²) in [4.78, 5) is 0.503. The Hall–Kier alpha value is -2.05. The molecule has 0 aliphatic carbocycles. The fourth-order valence-electron chi connectivity index (χ4n) is 3.73. The number of methoxy groups -OCH3 is 1. The maximum absolute atomic E-state index is 12.9. The van der Waals surface area contributed by atoms with E-state index in [2.05, 4.69) is 12.2 Å². The second-order valence-corrected chi connectivity index (χ2v) is 8.76. The highest BCUT2D eigenvalue weighted by molar-refractivity contribution is 7.91. The molecule has 5 nitrogen and oxygen atoms in total. The van der Waals surface area contributed by atoms with Crippen LogP contribution in [-0.2, 0) is 15.3 Å². The van der Waals surface area contributed by atoms with E-state index in [1.807, 2.05) is 6.07 Å². The van der Waals surface area contributed by atoms with Gasteiger partial charge >= 0.3 is 0 Å². The summed E-state index contributed by atoms with van der Waals surface area (Å²) < 4.78 is 37.0. The van der Waals surface area contributed by atoms with Gasteiger partial charge in [0.2, 0.25) is 9.84 Å². The summed E-state index contributed by atoms with van der Waals surface area (Å²) in [5.41, 5.74) is 1.05. The molecule has 1 N–H and O–H groups in total. The van der Waals surface area contributed by atoms with E-state index >= 15 is 0 Å². The first-order chi connectivity index (χ1) is 11.9. The highest BCUT2D eigenvalue weighted by Gasteiger charge is 2.46. The van der Waals surface area contributed by atoms with Gasteiger partial charge < -0.3 is 14.8 Å². The van der Waals surface area contributed by atoms with Crippen LogP contribution in [0.4, 0.5) is 0 Å². The third kappa shape index (κ3) is 2.51. The molecular formula is C19H21NO4S. The third-order valence-electron chi connectivity index (χ3n) is 5.38. The van der Waals surface area contributed by atoms with E-state index in [1.54, 1.807) is 43.5 Å². The van der Waals surface area contributed by atoms with Gasteiger partial charge in [0.1, 0.15) is 17.6 Å². The van der Waals surface area contributed by atoms with E-state index in [0.717, 1.165) is 25.1 Å². The Morgan fingerprint density at radius 2 is 1.88 bits per heavy atom. The number of nitrogens with one attached hydrogen (secondary N) is 1. The van der Waals surface area contributed by atoms with E-state index in [9.17, 15) is 8.42 Å². The van der Waals surface area contributed by atoms with Crippen LogP contribution in [-0.4, -0.2) is 34.7 Å². The molecule has 1 saturated heterocycles. The van der Waals surface area contributed by atoms with Gasteiger partial charge in [-0.25, -0.2) is 8.42 Å². The van der Waals surface area contributed by atoms with Crippen LogP contribution in [0.2, 0.25) is 0 Å². The van der Waals surface area contributed by atoms with Crippen molar-refractivity contribution < 1.29 is 17.9 Å². The van der Waals surface area contributed by atoms with Gasteiger partial charge in [0, 0.05) is 17.5 Å². The molecule has 2 aromatic carbocycles. The molecular weight excluding hydrogens is 338 g/mol. The van der Waals surface area contributed by atoms with Crippen molar-refractivity contribution in [1.29, 1.82) is 0 Å². The number of rotatable bonds is 3. The molecule has 132 valence electrons. The van der Waals surface area contributed by atoms with Gasteiger partial charge in [-0.05, 0) is 49.4 Å². The van der Waals surface area contributed by atoms with Crippen LogP contribution in [0.3, 0.4) is 0 Å². The van der Waals surface area contributed by atoms with Crippen molar-refractivity contribution in [2.75, 3.05) is 20.2 Å². The van der Waals surface area contributed by atoms with Crippen LogP contribution in [0, 0.1) is 0 Å². The first-order valence-electron chi connectivity index (χ1n) is 8.36. The van der Waals surface area contributed by atoms with Crippen molar-refractivity contribution in [3.63, 3.8) is 0 Å². The van der Waals surface area contributed by atoms with Crippen LogP contribution in [0.25, 0.3) is 0 Å². The summed E-state index contributed by atoms with van der Waals surface area (Å²) in [5, 5.41) is 3.34. The van der Waals surface area contributed by atoms with Crippen LogP contribution in [0.5, 0.6) is 11.5 Å². The zero-order valence-electron chi connectivity index (χ0n) is 14.3. The van der Waals surface area contributed by atoms with Crippen LogP contribution < -0.4 is 14.8 Å². The Morgan fingerprint density at radius 1 is 1.16 bits per heavy atom. The van der Waals surface area contributed by atoms with E-state index in [0.29, 0.717) is 11.5 Å². The predicted octanol–water partition coefficient (Wildman–Crippen LogP) is 2.54. The summed E-state index contributed by atoms with van der Waals surface area (Å²) in [6, 6.07) is 11.7. The predicted molar refractivity (Wildman–Crippen MR) is 94.1 cm³/mol. The quantitative estimate of drug-likeness (QED) is 0.912. The molecule has 0 radical (unpaired) electrons. The monoisotopic (exact) mass is 359 g/mol. The zero-order chi connectivity index (χ0) is 17.7. The Kier molecular flexibility index (Phi) is 3.77. The highest BCUT2D eigenvalue weighted by Crippen LogP contribution is 2.47. The molecule has 6 heteroatoms. The lowest BCUT2D eigenvalue weighted by Gasteiger charge is -2.35. The van der Waals surface area contributed by atoms with Crippen molar-refractivity contribution in [3.8, 4) is 11.5 Å². The summed E-state index contributed by atoms with van der Waals surface area (Å²) in [6.45, 7) is 3.93. The molecule has 0 aromatic heterocycles. The maximum atomic E-state index is 12.9. The van der Waals surface area contributed by atoms with E-state index in [4.69, 9.17) is 9.47 Å². The molecule has 2 aromatic rings. The maximum Gasteiger partial charge on any atom is 0.206 e. The minimum atomic E-state index is -3.59. The lowest BCUT2D eigenvalue weighted by Crippen LogP contribution is -2.49. The molecule has 2 heterocycles. The van der Waals surface area contributed by atoms with Gasteiger partial charge in [-0.1, -0.05) is 13.0 Å². The lowest BCUT2D eigenvalue weighted by atomic mass is 9.74. The van der Waals surface area contributed by atoms with Gasteiger partial charge in [0.05, 0.1) is 16.9 Å². The van der Waals surface area contributed by atoms with Crippen molar-refractivity contribution in [2.45, 2.75) is 34.7 Å². The normalized spacial score (nSPS) is 25.0. The number of fused-ring (bicyclic) bond motifs is 3. The van der Waals surface area contributed by atoms with E-state index < -0.39 is 9.84 Å². The molecule has 2 aliphatic heterocycles. The molecule has 2 atom stereocenters. The lowest BCUT2D eigenvalue weighted by molar-refractivity contribution is 0.123. The fraction of sp³-hybridized carbons (Fsp3) is 0.368. The Balaban J connectivity index is 1.73. The van der Waals surface area contributed by atoms with Gasteiger partial charge in [-0.2, -0.15) is 0 Å². The smallest absolute Gasteiger partial charge is 0.206 e. The summed E-state index contributed by atoms with van der Waals surface area (Å²) in [6.07, 6.45) is 1.03. The zero-order valence-corrected chi connectivity index (χ0v) is 15.1. The molecule has 2 unspecified atom stereocenters.